The van der Waals surface area contributed by atoms with E-state index in [0.717, 1.165) is 22.4 Å². The standard InChI is InChI=1S/C16H17N3O2/c1-8-4-5-9(2)11(6-8)15(21)12-7-13(20)17-16-14(12)10(3)18-19-16/h4-6,12H,7H2,1-3H3,(H2,17,18,19,20). The topological polar surface area (TPSA) is 74.8 Å². The number of Topliss-reactive ketones (excluding diaryl/α,β-unsaturated/α-hetero) is 1. The lowest BCUT2D eigenvalue weighted by atomic mass is 9.84. The van der Waals surface area contributed by atoms with Crippen molar-refractivity contribution in [2.24, 2.45) is 0 Å². The summed E-state index contributed by atoms with van der Waals surface area (Å²) in [5.74, 6) is -0.171. The van der Waals surface area contributed by atoms with Crippen LogP contribution in [0.2, 0.25) is 0 Å². The summed E-state index contributed by atoms with van der Waals surface area (Å²) >= 11 is 0. The Kier molecular flexibility index (Phi) is 3.12. The molecule has 1 unspecified atom stereocenters. The first kappa shape index (κ1) is 13.5. The average Bonchev–Trinajstić information content (AvgIpc) is 2.81. The Balaban J connectivity index is 2.08. The summed E-state index contributed by atoms with van der Waals surface area (Å²) in [6.45, 7) is 5.74. The van der Waals surface area contributed by atoms with E-state index < -0.39 is 5.92 Å². The first-order valence-corrected chi connectivity index (χ1v) is 6.93. The SMILES string of the molecule is Cc1ccc(C)c(C(=O)C2CC(=O)Nc3n[nH]c(C)c32)c1. The monoisotopic (exact) mass is 283 g/mol. The molecule has 5 nitrogen and oxygen atoms in total. The molecule has 21 heavy (non-hydrogen) atoms. The first-order valence-electron chi connectivity index (χ1n) is 6.93. The van der Waals surface area contributed by atoms with E-state index >= 15 is 0 Å². The number of aromatic amines is 1. The van der Waals surface area contributed by atoms with Gasteiger partial charge in [0.25, 0.3) is 0 Å². The Morgan fingerprint density at radius 1 is 1.29 bits per heavy atom. The Bertz CT molecular complexity index is 746. The lowest BCUT2D eigenvalue weighted by Gasteiger charge is -2.22. The van der Waals surface area contributed by atoms with Gasteiger partial charge >= 0.3 is 0 Å². The van der Waals surface area contributed by atoms with Gasteiger partial charge in [0.05, 0.1) is 5.92 Å². The molecule has 1 aromatic heterocycles. The van der Waals surface area contributed by atoms with Gasteiger partial charge in [-0.15, -0.1) is 0 Å². The quantitative estimate of drug-likeness (QED) is 0.832. The third-order valence-electron chi connectivity index (χ3n) is 3.97. The van der Waals surface area contributed by atoms with Gasteiger partial charge in [-0.2, -0.15) is 5.10 Å². The zero-order chi connectivity index (χ0) is 15.1. The summed E-state index contributed by atoms with van der Waals surface area (Å²) in [6, 6.07) is 5.81. The van der Waals surface area contributed by atoms with Gasteiger partial charge in [0, 0.05) is 23.2 Å². The zero-order valence-corrected chi connectivity index (χ0v) is 12.3. The number of aryl methyl sites for hydroxylation is 3. The molecule has 1 amide bonds. The summed E-state index contributed by atoms with van der Waals surface area (Å²) in [6.07, 6.45) is 0.166. The van der Waals surface area contributed by atoms with Crippen LogP contribution in [0.4, 0.5) is 5.82 Å². The van der Waals surface area contributed by atoms with E-state index in [1.807, 2.05) is 39.0 Å². The van der Waals surface area contributed by atoms with Crippen molar-refractivity contribution in [3.05, 3.63) is 46.1 Å². The summed E-state index contributed by atoms with van der Waals surface area (Å²) in [5.41, 5.74) is 4.28. The Labute approximate surface area is 122 Å². The summed E-state index contributed by atoms with van der Waals surface area (Å²) in [5, 5.41) is 9.62. The van der Waals surface area contributed by atoms with Crippen LogP contribution in [0, 0.1) is 20.8 Å². The summed E-state index contributed by atoms with van der Waals surface area (Å²) in [4.78, 5) is 24.7. The van der Waals surface area contributed by atoms with Gasteiger partial charge in [-0.05, 0) is 32.4 Å². The Hall–Kier alpha value is -2.43. The van der Waals surface area contributed by atoms with Crippen molar-refractivity contribution in [3.63, 3.8) is 0 Å². The molecule has 0 fully saturated rings. The number of amides is 1. The summed E-state index contributed by atoms with van der Waals surface area (Å²) in [7, 11) is 0. The molecule has 0 aliphatic carbocycles. The van der Waals surface area contributed by atoms with Crippen molar-refractivity contribution in [2.45, 2.75) is 33.1 Å². The molecule has 0 bridgehead atoms. The molecular weight excluding hydrogens is 266 g/mol. The fraction of sp³-hybridized carbons (Fsp3) is 0.312. The van der Waals surface area contributed by atoms with Gasteiger partial charge in [-0.1, -0.05) is 17.7 Å². The predicted molar refractivity (Wildman–Crippen MR) is 79.6 cm³/mol. The number of carbonyl (C=O) groups excluding carboxylic acids is 2. The van der Waals surface area contributed by atoms with Crippen molar-refractivity contribution < 1.29 is 9.59 Å². The minimum Gasteiger partial charge on any atom is -0.309 e. The van der Waals surface area contributed by atoms with Crippen molar-refractivity contribution >= 4 is 17.5 Å². The lowest BCUT2D eigenvalue weighted by molar-refractivity contribution is -0.116. The van der Waals surface area contributed by atoms with Gasteiger partial charge in [0.1, 0.15) is 0 Å². The van der Waals surface area contributed by atoms with Gasteiger partial charge in [0.2, 0.25) is 5.91 Å². The number of nitrogens with zero attached hydrogens (tertiary/aromatic N) is 1. The van der Waals surface area contributed by atoms with Crippen LogP contribution >= 0.6 is 0 Å². The second kappa shape index (κ2) is 4.84. The maximum atomic E-state index is 12.9. The summed E-state index contributed by atoms with van der Waals surface area (Å²) < 4.78 is 0. The highest BCUT2D eigenvalue weighted by Gasteiger charge is 2.35. The molecule has 108 valence electrons. The third kappa shape index (κ3) is 2.24. The van der Waals surface area contributed by atoms with Crippen LogP contribution in [0.5, 0.6) is 0 Å². The van der Waals surface area contributed by atoms with Gasteiger partial charge < -0.3 is 5.32 Å². The number of anilines is 1. The largest absolute Gasteiger partial charge is 0.309 e. The van der Waals surface area contributed by atoms with Crippen LogP contribution < -0.4 is 5.32 Å². The highest BCUT2D eigenvalue weighted by Crippen LogP contribution is 2.35. The van der Waals surface area contributed by atoms with Crippen molar-refractivity contribution in [3.8, 4) is 0 Å². The van der Waals surface area contributed by atoms with Crippen molar-refractivity contribution in [1.29, 1.82) is 0 Å². The third-order valence-corrected chi connectivity index (χ3v) is 3.97. The normalized spacial score (nSPS) is 17.3. The number of rotatable bonds is 2. The molecule has 0 saturated carbocycles. The molecule has 0 radical (unpaired) electrons. The number of fused-ring (bicyclic) bond motifs is 1. The Morgan fingerprint density at radius 3 is 2.81 bits per heavy atom. The van der Waals surface area contributed by atoms with E-state index in [1.54, 1.807) is 0 Å². The fourth-order valence-electron chi connectivity index (χ4n) is 2.84. The van der Waals surface area contributed by atoms with E-state index in [9.17, 15) is 9.59 Å². The predicted octanol–water partition coefficient (Wildman–Crippen LogP) is 2.64. The molecule has 5 heteroatoms. The van der Waals surface area contributed by atoms with Crippen LogP contribution in [-0.4, -0.2) is 21.9 Å². The number of hydrogen-bond donors (Lipinski definition) is 2. The fourth-order valence-corrected chi connectivity index (χ4v) is 2.84. The maximum Gasteiger partial charge on any atom is 0.226 e. The highest BCUT2D eigenvalue weighted by molar-refractivity contribution is 6.08. The molecule has 1 aliphatic heterocycles. The molecule has 2 aromatic rings. The van der Waals surface area contributed by atoms with Crippen molar-refractivity contribution in [2.75, 3.05) is 5.32 Å². The smallest absolute Gasteiger partial charge is 0.226 e. The van der Waals surface area contributed by atoms with Crippen LogP contribution in [0.25, 0.3) is 0 Å². The van der Waals surface area contributed by atoms with E-state index in [-0.39, 0.29) is 18.1 Å². The number of H-pyrrole nitrogens is 1. The number of ketones is 1. The van der Waals surface area contributed by atoms with Gasteiger partial charge in [0.15, 0.2) is 11.6 Å². The lowest BCUT2D eigenvalue weighted by Crippen LogP contribution is -2.28. The first-order chi connectivity index (χ1) is 9.97. The molecule has 1 aliphatic rings. The van der Waals surface area contributed by atoms with Gasteiger partial charge in [-0.3, -0.25) is 14.7 Å². The van der Waals surface area contributed by atoms with Gasteiger partial charge in [-0.25, -0.2) is 0 Å². The van der Waals surface area contributed by atoms with Crippen LogP contribution in [0.15, 0.2) is 18.2 Å². The molecule has 2 heterocycles. The molecule has 3 rings (SSSR count). The maximum absolute atomic E-state index is 12.9. The molecule has 0 saturated heterocycles. The van der Waals surface area contributed by atoms with E-state index in [2.05, 4.69) is 15.5 Å². The molecule has 2 N–H and O–H groups in total. The number of nitrogens with one attached hydrogen (secondary N) is 2. The van der Waals surface area contributed by atoms with E-state index in [0.29, 0.717) is 11.4 Å². The second-order valence-corrected chi connectivity index (χ2v) is 5.60. The van der Waals surface area contributed by atoms with Crippen LogP contribution in [0.1, 0.15) is 45.1 Å². The van der Waals surface area contributed by atoms with Crippen LogP contribution in [0.3, 0.4) is 0 Å². The zero-order valence-electron chi connectivity index (χ0n) is 12.3. The highest BCUT2D eigenvalue weighted by atomic mass is 16.2. The number of benzene rings is 1. The molecule has 0 spiro atoms. The van der Waals surface area contributed by atoms with E-state index in [4.69, 9.17) is 0 Å². The minimum absolute atomic E-state index is 0.0169. The number of aromatic nitrogens is 2. The number of carbonyl (C=O) groups is 2. The number of hydrogen-bond acceptors (Lipinski definition) is 3. The second-order valence-electron chi connectivity index (χ2n) is 5.60. The average molecular weight is 283 g/mol. The van der Waals surface area contributed by atoms with E-state index in [1.165, 1.54) is 0 Å². The molecule has 1 atom stereocenters. The Morgan fingerprint density at radius 2 is 2.05 bits per heavy atom. The van der Waals surface area contributed by atoms with Crippen molar-refractivity contribution in [1.82, 2.24) is 10.2 Å². The minimum atomic E-state index is -0.465. The van der Waals surface area contributed by atoms with Crippen LogP contribution in [-0.2, 0) is 4.79 Å². The molecule has 1 aromatic carbocycles. The molecular formula is C16H17N3O2.